The van der Waals surface area contributed by atoms with E-state index in [0.717, 1.165) is 19.5 Å². The van der Waals surface area contributed by atoms with Crippen molar-refractivity contribution in [1.29, 1.82) is 0 Å². The van der Waals surface area contributed by atoms with Crippen LogP contribution in [-0.4, -0.2) is 26.5 Å². The van der Waals surface area contributed by atoms with Gasteiger partial charge in [-0.2, -0.15) is 8.42 Å². The van der Waals surface area contributed by atoms with Crippen molar-refractivity contribution in [2.24, 2.45) is 11.8 Å². The van der Waals surface area contributed by atoms with E-state index in [9.17, 15) is 8.42 Å². The second-order valence-corrected chi connectivity index (χ2v) is 6.16. The minimum Gasteiger partial charge on any atom is -0.229 e. The van der Waals surface area contributed by atoms with E-state index in [2.05, 4.69) is 18.7 Å². The Morgan fingerprint density at radius 3 is 2.15 bits per heavy atom. The Kier molecular flexibility index (Phi) is 3.57. The summed E-state index contributed by atoms with van der Waals surface area (Å²) in [6.07, 6.45) is 1.14. The van der Waals surface area contributed by atoms with E-state index in [1.54, 1.807) is 5.01 Å². The highest BCUT2D eigenvalue weighted by Gasteiger charge is 2.23. The minimum absolute atomic E-state index is 0.509. The molecule has 1 rings (SSSR count). The molecule has 1 aliphatic rings. The second-order valence-electron chi connectivity index (χ2n) is 3.88. The molecule has 4 nitrogen and oxygen atoms in total. The minimum atomic E-state index is -3.62. The highest BCUT2D eigenvalue weighted by molar-refractivity contribution is 8.12. The maximum atomic E-state index is 10.7. The molecule has 0 bridgehead atoms. The molecule has 0 radical (unpaired) electrons. The third-order valence-corrected chi connectivity index (χ3v) is 2.79. The highest BCUT2D eigenvalue weighted by atomic mass is 35.7. The third kappa shape index (κ3) is 4.26. The molecule has 2 atom stereocenters. The molecule has 13 heavy (non-hydrogen) atoms. The molecule has 0 spiro atoms. The summed E-state index contributed by atoms with van der Waals surface area (Å²) in [7, 11) is 1.46. The molecule has 78 valence electrons. The number of halogens is 1. The largest absolute Gasteiger partial charge is 0.310 e. The van der Waals surface area contributed by atoms with Crippen molar-refractivity contribution in [3.05, 3.63) is 0 Å². The van der Waals surface area contributed by atoms with E-state index in [4.69, 9.17) is 10.7 Å². The number of hydrogen-bond acceptors (Lipinski definition) is 3. The molecule has 0 saturated carbocycles. The first kappa shape index (κ1) is 11.2. The molecule has 0 amide bonds. The molecular formula is C7H15ClN2O2S. The van der Waals surface area contributed by atoms with Crippen LogP contribution in [0.1, 0.15) is 20.3 Å². The maximum Gasteiger partial charge on any atom is 0.310 e. The monoisotopic (exact) mass is 226 g/mol. The molecule has 0 aliphatic carbocycles. The van der Waals surface area contributed by atoms with Crippen LogP contribution in [-0.2, 0) is 9.24 Å². The van der Waals surface area contributed by atoms with Gasteiger partial charge in [0, 0.05) is 23.8 Å². The predicted octanol–water partition coefficient (Wildman–Crippen LogP) is 0.952. The average molecular weight is 227 g/mol. The van der Waals surface area contributed by atoms with Crippen LogP contribution >= 0.6 is 10.7 Å². The number of rotatable bonds is 2. The van der Waals surface area contributed by atoms with Gasteiger partial charge in [0.1, 0.15) is 0 Å². The molecule has 0 aromatic rings. The number of piperidine rings is 1. The molecule has 1 aliphatic heterocycles. The first-order chi connectivity index (χ1) is 5.87. The summed E-state index contributed by atoms with van der Waals surface area (Å²) in [6, 6.07) is 0. The zero-order chi connectivity index (χ0) is 10.1. The summed E-state index contributed by atoms with van der Waals surface area (Å²) in [5.41, 5.74) is 0. The molecule has 6 heteroatoms. The molecule has 1 heterocycles. The molecule has 1 N–H and O–H groups in total. The number of hydrazine groups is 1. The van der Waals surface area contributed by atoms with Gasteiger partial charge in [0.15, 0.2) is 0 Å². The van der Waals surface area contributed by atoms with Gasteiger partial charge in [0.25, 0.3) is 0 Å². The summed E-state index contributed by atoms with van der Waals surface area (Å²) >= 11 is 0. The van der Waals surface area contributed by atoms with Crippen LogP contribution in [0.25, 0.3) is 0 Å². The number of nitrogens with one attached hydrogen (secondary N) is 1. The van der Waals surface area contributed by atoms with Crippen LogP contribution in [0.2, 0.25) is 0 Å². The van der Waals surface area contributed by atoms with Crippen molar-refractivity contribution in [2.45, 2.75) is 20.3 Å². The quantitative estimate of drug-likeness (QED) is 0.714. The average Bonchev–Trinajstić information content (AvgIpc) is 1.78. The van der Waals surface area contributed by atoms with Gasteiger partial charge in [-0.1, -0.05) is 13.8 Å². The fourth-order valence-corrected chi connectivity index (χ4v) is 2.64. The Hall–Kier alpha value is 0.160. The summed E-state index contributed by atoms with van der Waals surface area (Å²) in [4.78, 5) is 2.29. The van der Waals surface area contributed by atoms with Crippen LogP contribution in [0.4, 0.5) is 0 Å². The molecule has 0 aromatic carbocycles. The second kappa shape index (κ2) is 4.13. The first-order valence-corrected chi connectivity index (χ1v) is 6.64. The van der Waals surface area contributed by atoms with Gasteiger partial charge in [0.2, 0.25) is 0 Å². The van der Waals surface area contributed by atoms with Gasteiger partial charge in [-0.25, -0.2) is 5.01 Å². The Balaban J connectivity index is 2.51. The molecule has 1 fully saturated rings. The van der Waals surface area contributed by atoms with Gasteiger partial charge < -0.3 is 0 Å². The van der Waals surface area contributed by atoms with E-state index in [1.807, 2.05) is 0 Å². The summed E-state index contributed by atoms with van der Waals surface area (Å²) in [5, 5.41) is 1.67. The Labute approximate surface area is 83.8 Å². The van der Waals surface area contributed by atoms with Crippen LogP contribution < -0.4 is 4.83 Å². The lowest BCUT2D eigenvalue weighted by Crippen LogP contribution is -2.48. The maximum absolute atomic E-state index is 10.7. The lowest BCUT2D eigenvalue weighted by Gasteiger charge is -2.33. The fraction of sp³-hybridized carbons (Fsp3) is 1.00. The van der Waals surface area contributed by atoms with Gasteiger partial charge in [-0.15, -0.1) is 4.83 Å². The zero-order valence-corrected chi connectivity index (χ0v) is 9.40. The van der Waals surface area contributed by atoms with Crippen molar-refractivity contribution in [3.63, 3.8) is 0 Å². The number of hydrogen-bond donors (Lipinski definition) is 1. The van der Waals surface area contributed by atoms with E-state index in [1.165, 1.54) is 0 Å². The summed E-state index contributed by atoms with van der Waals surface area (Å²) in [6.45, 7) is 5.67. The summed E-state index contributed by atoms with van der Waals surface area (Å²) in [5.74, 6) is 1.02. The standard InChI is InChI=1S/C7H15ClN2O2S/c1-6-3-7(2)5-10(4-6)9-13(8,11)12/h6-7,9H,3-5H2,1-2H3. The lowest BCUT2D eigenvalue weighted by molar-refractivity contribution is 0.121. The van der Waals surface area contributed by atoms with Gasteiger partial charge in [-0.05, 0) is 18.3 Å². The normalized spacial score (nSPS) is 31.9. The Bertz CT molecular complexity index is 258. The van der Waals surface area contributed by atoms with Crippen LogP contribution in [0.5, 0.6) is 0 Å². The predicted molar refractivity (Wildman–Crippen MR) is 52.4 cm³/mol. The highest BCUT2D eigenvalue weighted by Crippen LogP contribution is 2.19. The first-order valence-electron chi connectivity index (χ1n) is 4.34. The lowest BCUT2D eigenvalue weighted by atomic mass is 9.93. The van der Waals surface area contributed by atoms with Gasteiger partial charge in [0.05, 0.1) is 0 Å². The Morgan fingerprint density at radius 2 is 1.77 bits per heavy atom. The van der Waals surface area contributed by atoms with Crippen molar-refractivity contribution >= 4 is 19.9 Å². The van der Waals surface area contributed by atoms with E-state index < -0.39 is 9.24 Å². The van der Waals surface area contributed by atoms with Gasteiger partial charge in [-0.3, -0.25) is 0 Å². The van der Waals surface area contributed by atoms with Gasteiger partial charge >= 0.3 is 9.24 Å². The SMILES string of the molecule is CC1CC(C)CN(NS(=O)(=O)Cl)C1. The van der Waals surface area contributed by atoms with Crippen LogP contribution in [0, 0.1) is 11.8 Å². The van der Waals surface area contributed by atoms with Crippen molar-refractivity contribution in [1.82, 2.24) is 9.84 Å². The molecule has 1 saturated heterocycles. The summed E-state index contributed by atoms with van der Waals surface area (Å²) < 4.78 is 21.5. The number of nitrogens with zero attached hydrogens (tertiary/aromatic N) is 1. The van der Waals surface area contributed by atoms with E-state index in [0.29, 0.717) is 11.8 Å². The molecular weight excluding hydrogens is 212 g/mol. The third-order valence-electron chi connectivity index (χ3n) is 2.11. The molecule has 2 unspecified atom stereocenters. The van der Waals surface area contributed by atoms with Crippen LogP contribution in [0.3, 0.4) is 0 Å². The van der Waals surface area contributed by atoms with Crippen molar-refractivity contribution in [3.8, 4) is 0 Å². The topological polar surface area (TPSA) is 49.4 Å². The fourth-order valence-electron chi connectivity index (χ4n) is 1.89. The van der Waals surface area contributed by atoms with Crippen LogP contribution in [0.15, 0.2) is 0 Å². The van der Waals surface area contributed by atoms with Crippen molar-refractivity contribution in [2.75, 3.05) is 13.1 Å². The zero-order valence-electron chi connectivity index (χ0n) is 7.83. The smallest absolute Gasteiger partial charge is 0.229 e. The Morgan fingerprint density at radius 1 is 1.31 bits per heavy atom. The van der Waals surface area contributed by atoms with E-state index >= 15 is 0 Å². The van der Waals surface area contributed by atoms with E-state index in [-0.39, 0.29) is 0 Å². The molecule has 0 aromatic heterocycles. The van der Waals surface area contributed by atoms with Crippen molar-refractivity contribution < 1.29 is 8.42 Å².